The molecule has 0 spiro atoms. The maximum atomic E-state index is 12.0. The largest absolute Gasteiger partial charge is 0.480 e. The third-order valence-electron chi connectivity index (χ3n) is 2.24. The van der Waals surface area contributed by atoms with Crippen LogP contribution >= 0.6 is 15.9 Å². The number of nitrogens with one attached hydrogen (secondary N) is 1. The Bertz CT molecular complexity index is 581. The number of alkyl halides is 2. The lowest BCUT2D eigenvalue weighted by molar-refractivity contribution is -0.0498. The smallest absolute Gasteiger partial charge is 0.387 e. The molecular formula is C12H10BrF2N3O2. The van der Waals surface area contributed by atoms with Gasteiger partial charge < -0.3 is 14.8 Å². The molecule has 0 fully saturated rings. The van der Waals surface area contributed by atoms with Crippen molar-refractivity contribution < 1.29 is 18.3 Å². The van der Waals surface area contributed by atoms with E-state index >= 15 is 0 Å². The topological polar surface area (TPSA) is 56.3 Å². The molecule has 106 valence electrons. The van der Waals surface area contributed by atoms with E-state index in [1.807, 2.05) is 0 Å². The van der Waals surface area contributed by atoms with Crippen LogP contribution in [-0.2, 0) is 0 Å². The highest BCUT2D eigenvalue weighted by Crippen LogP contribution is 2.24. The fourth-order valence-electron chi connectivity index (χ4n) is 1.40. The summed E-state index contributed by atoms with van der Waals surface area (Å²) in [5.41, 5.74) is 0.635. The molecule has 0 amide bonds. The molecule has 1 aromatic heterocycles. The van der Waals surface area contributed by atoms with Gasteiger partial charge in [-0.05, 0) is 40.2 Å². The quantitative estimate of drug-likeness (QED) is 0.897. The second-order valence-corrected chi connectivity index (χ2v) is 4.43. The second kappa shape index (κ2) is 6.47. The number of aromatic nitrogens is 2. The molecular weight excluding hydrogens is 336 g/mol. The van der Waals surface area contributed by atoms with E-state index in [0.717, 1.165) is 0 Å². The Morgan fingerprint density at radius 3 is 2.55 bits per heavy atom. The third-order valence-corrected chi connectivity index (χ3v) is 2.78. The van der Waals surface area contributed by atoms with Crippen molar-refractivity contribution in [1.29, 1.82) is 0 Å². The average molecular weight is 346 g/mol. The van der Waals surface area contributed by atoms with Gasteiger partial charge in [-0.25, -0.2) is 4.98 Å². The number of anilines is 2. The summed E-state index contributed by atoms with van der Waals surface area (Å²) in [7, 11) is 1.49. The van der Waals surface area contributed by atoms with E-state index < -0.39 is 6.61 Å². The Morgan fingerprint density at radius 2 is 1.95 bits per heavy atom. The molecule has 1 aromatic carbocycles. The van der Waals surface area contributed by atoms with Crippen LogP contribution in [0.25, 0.3) is 0 Å². The van der Waals surface area contributed by atoms with Crippen LogP contribution in [0.4, 0.5) is 20.4 Å². The van der Waals surface area contributed by atoms with Crippen molar-refractivity contribution in [3.8, 4) is 11.6 Å². The van der Waals surface area contributed by atoms with Crippen molar-refractivity contribution in [2.75, 3.05) is 12.4 Å². The number of hydrogen-bond acceptors (Lipinski definition) is 5. The van der Waals surface area contributed by atoms with Gasteiger partial charge in [-0.15, -0.1) is 0 Å². The van der Waals surface area contributed by atoms with Crippen LogP contribution in [-0.4, -0.2) is 23.7 Å². The fraction of sp³-hybridized carbons (Fsp3) is 0.167. The first-order valence-corrected chi connectivity index (χ1v) is 6.26. The van der Waals surface area contributed by atoms with E-state index in [2.05, 4.69) is 36.0 Å². The summed E-state index contributed by atoms with van der Waals surface area (Å²) in [5.74, 6) is 0.799. The highest BCUT2D eigenvalue weighted by molar-refractivity contribution is 9.10. The van der Waals surface area contributed by atoms with Crippen LogP contribution < -0.4 is 14.8 Å². The van der Waals surface area contributed by atoms with Crippen LogP contribution in [0.15, 0.2) is 34.9 Å². The molecule has 0 radical (unpaired) electrons. The number of benzene rings is 1. The lowest BCUT2D eigenvalue weighted by Gasteiger charge is -2.08. The molecule has 8 heteroatoms. The van der Waals surface area contributed by atoms with Gasteiger partial charge in [-0.1, -0.05) is 0 Å². The minimum atomic E-state index is -2.84. The normalized spacial score (nSPS) is 10.4. The monoisotopic (exact) mass is 345 g/mol. The van der Waals surface area contributed by atoms with Crippen molar-refractivity contribution >= 4 is 27.6 Å². The molecule has 20 heavy (non-hydrogen) atoms. The standard InChI is InChI=1S/C12H10BrF2N3O2/c1-19-10-9(13)6-16-12(18-10)17-7-2-4-8(5-3-7)20-11(14)15/h2-6,11H,1H3,(H,16,17,18). The Kier molecular flexibility index (Phi) is 4.67. The molecule has 0 atom stereocenters. The summed E-state index contributed by atoms with van der Waals surface area (Å²) >= 11 is 3.24. The van der Waals surface area contributed by atoms with Gasteiger partial charge in [0, 0.05) is 5.69 Å². The zero-order valence-electron chi connectivity index (χ0n) is 10.3. The van der Waals surface area contributed by atoms with Gasteiger partial charge >= 0.3 is 6.61 Å². The zero-order valence-corrected chi connectivity index (χ0v) is 11.9. The van der Waals surface area contributed by atoms with Crippen LogP contribution in [0.5, 0.6) is 11.6 Å². The number of ether oxygens (including phenoxy) is 2. The minimum absolute atomic E-state index is 0.0832. The lowest BCUT2D eigenvalue weighted by Crippen LogP contribution is -2.02. The van der Waals surface area contributed by atoms with E-state index in [-0.39, 0.29) is 5.75 Å². The maximum Gasteiger partial charge on any atom is 0.387 e. The van der Waals surface area contributed by atoms with Gasteiger partial charge in [-0.3, -0.25) is 0 Å². The average Bonchev–Trinajstić information content (AvgIpc) is 2.42. The van der Waals surface area contributed by atoms with E-state index in [1.54, 1.807) is 18.3 Å². The van der Waals surface area contributed by atoms with E-state index in [1.165, 1.54) is 19.2 Å². The minimum Gasteiger partial charge on any atom is -0.480 e. The Morgan fingerprint density at radius 1 is 1.25 bits per heavy atom. The highest BCUT2D eigenvalue weighted by atomic mass is 79.9. The predicted octanol–water partition coefficient (Wildman–Crippen LogP) is 3.59. The first-order valence-electron chi connectivity index (χ1n) is 5.47. The molecule has 0 saturated carbocycles. The van der Waals surface area contributed by atoms with E-state index in [4.69, 9.17) is 4.74 Å². The first kappa shape index (κ1) is 14.4. The maximum absolute atomic E-state index is 12.0. The number of rotatable bonds is 5. The second-order valence-electron chi connectivity index (χ2n) is 3.58. The Balaban J connectivity index is 2.10. The molecule has 0 aliphatic heterocycles. The molecule has 0 saturated heterocycles. The molecule has 2 rings (SSSR count). The van der Waals surface area contributed by atoms with Gasteiger partial charge in [0.2, 0.25) is 11.8 Å². The van der Waals surface area contributed by atoms with Crippen LogP contribution in [0.1, 0.15) is 0 Å². The Hall–Kier alpha value is -1.96. The van der Waals surface area contributed by atoms with Crippen LogP contribution in [0.2, 0.25) is 0 Å². The molecule has 2 aromatic rings. The number of methoxy groups -OCH3 is 1. The van der Waals surface area contributed by atoms with Gasteiger partial charge in [-0.2, -0.15) is 13.8 Å². The van der Waals surface area contributed by atoms with Gasteiger partial charge in [0.1, 0.15) is 5.75 Å². The van der Waals surface area contributed by atoms with Crippen molar-refractivity contribution in [1.82, 2.24) is 9.97 Å². The van der Waals surface area contributed by atoms with Crippen LogP contribution in [0, 0.1) is 0 Å². The zero-order chi connectivity index (χ0) is 14.5. The number of halogens is 3. The molecule has 0 unspecified atom stereocenters. The molecule has 5 nitrogen and oxygen atoms in total. The van der Waals surface area contributed by atoms with E-state index in [0.29, 0.717) is 22.0 Å². The van der Waals surface area contributed by atoms with Gasteiger partial charge in [0.25, 0.3) is 0 Å². The summed E-state index contributed by atoms with van der Waals surface area (Å²) in [4.78, 5) is 8.17. The molecule has 0 bridgehead atoms. The highest BCUT2D eigenvalue weighted by Gasteiger charge is 2.06. The SMILES string of the molecule is COc1nc(Nc2ccc(OC(F)F)cc2)ncc1Br. The molecule has 1 N–H and O–H groups in total. The first-order chi connectivity index (χ1) is 9.58. The van der Waals surface area contributed by atoms with Crippen LogP contribution in [0.3, 0.4) is 0 Å². The lowest BCUT2D eigenvalue weighted by atomic mass is 10.3. The van der Waals surface area contributed by atoms with Crippen molar-refractivity contribution in [3.05, 3.63) is 34.9 Å². The van der Waals surface area contributed by atoms with E-state index in [9.17, 15) is 8.78 Å². The molecule has 0 aliphatic rings. The number of nitrogens with zero attached hydrogens (tertiary/aromatic N) is 2. The Labute approximate surface area is 122 Å². The van der Waals surface area contributed by atoms with Gasteiger partial charge in [0.05, 0.1) is 17.8 Å². The molecule has 0 aliphatic carbocycles. The summed E-state index contributed by atoms with van der Waals surface area (Å²) in [6.45, 7) is -2.84. The number of hydrogen-bond donors (Lipinski definition) is 1. The summed E-state index contributed by atoms with van der Waals surface area (Å²) in [5, 5.41) is 2.92. The van der Waals surface area contributed by atoms with Gasteiger partial charge in [0.15, 0.2) is 0 Å². The van der Waals surface area contributed by atoms with Crippen molar-refractivity contribution in [2.24, 2.45) is 0 Å². The summed E-state index contributed by atoms with van der Waals surface area (Å²) in [6.07, 6.45) is 1.54. The van der Waals surface area contributed by atoms with Crippen molar-refractivity contribution in [2.45, 2.75) is 6.61 Å². The third kappa shape index (κ3) is 3.77. The fourth-order valence-corrected chi connectivity index (χ4v) is 1.76. The summed E-state index contributed by atoms with van der Waals surface area (Å²) < 4.78 is 34.0. The molecule has 1 heterocycles. The summed E-state index contributed by atoms with van der Waals surface area (Å²) in [6, 6.07) is 6.00. The predicted molar refractivity (Wildman–Crippen MR) is 72.6 cm³/mol. The van der Waals surface area contributed by atoms with Crippen molar-refractivity contribution in [3.63, 3.8) is 0 Å².